The summed E-state index contributed by atoms with van der Waals surface area (Å²) in [4.78, 5) is 22.8. The Morgan fingerprint density at radius 1 is 1.04 bits per heavy atom. The average Bonchev–Trinajstić information content (AvgIpc) is 2.97. The molecule has 132 valence electrons. The first-order valence-corrected chi connectivity index (χ1v) is 7.99. The van der Waals surface area contributed by atoms with Crippen LogP contribution >= 0.6 is 0 Å². The first kappa shape index (κ1) is 17.2. The van der Waals surface area contributed by atoms with E-state index in [1.807, 2.05) is 37.4 Å². The molecule has 7 nitrogen and oxygen atoms in total. The highest BCUT2D eigenvalue weighted by Crippen LogP contribution is 2.21. The van der Waals surface area contributed by atoms with Gasteiger partial charge in [0.2, 0.25) is 0 Å². The number of hydrogen-bond acceptors (Lipinski definition) is 3. The zero-order chi connectivity index (χ0) is 18.5. The van der Waals surface area contributed by atoms with Gasteiger partial charge in [0.05, 0.1) is 12.1 Å². The van der Waals surface area contributed by atoms with Gasteiger partial charge in [-0.25, -0.2) is 4.79 Å². The molecule has 0 aliphatic heterocycles. The van der Waals surface area contributed by atoms with E-state index in [9.17, 15) is 9.59 Å². The number of anilines is 2. The molecule has 0 aliphatic rings. The Bertz CT molecular complexity index is 918. The fourth-order valence-corrected chi connectivity index (χ4v) is 2.57. The van der Waals surface area contributed by atoms with Gasteiger partial charge >= 0.3 is 12.0 Å². The normalized spacial score (nSPS) is 10.3. The fourth-order valence-electron chi connectivity index (χ4n) is 2.57. The molecule has 0 saturated heterocycles. The summed E-state index contributed by atoms with van der Waals surface area (Å²) >= 11 is 0. The lowest BCUT2D eigenvalue weighted by molar-refractivity contribution is -0.136. The number of amides is 2. The number of urea groups is 1. The number of carbonyl (C=O) groups excluding carboxylic acids is 1. The van der Waals surface area contributed by atoms with Crippen LogP contribution in [-0.2, 0) is 18.3 Å². The molecule has 0 spiro atoms. The monoisotopic (exact) mass is 350 g/mol. The van der Waals surface area contributed by atoms with E-state index in [1.54, 1.807) is 35.0 Å². The lowest BCUT2D eigenvalue weighted by Crippen LogP contribution is -2.19. The molecule has 7 heteroatoms. The van der Waals surface area contributed by atoms with Gasteiger partial charge in [-0.3, -0.25) is 14.8 Å². The van der Waals surface area contributed by atoms with Crippen molar-refractivity contribution in [3.8, 4) is 11.3 Å². The van der Waals surface area contributed by atoms with Crippen LogP contribution in [0.4, 0.5) is 16.3 Å². The highest BCUT2D eigenvalue weighted by Gasteiger charge is 2.10. The third-order valence-electron chi connectivity index (χ3n) is 3.76. The molecule has 0 fully saturated rings. The van der Waals surface area contributed by atoms with Crippen molar-refractivity contribution in [2.45, 2.75) is 6.42 Å². The number of carbonyl (C=O) groups is 2. The number of nitrogens with one attached hydrogen (secondary N) is 2. The summed E-state index contributed by atoms with van der Waals surface area (Å²) in [5.41, 5.74) is 3.13. The minimum absolute atomic E-state index is 0.0529. The van der Waals surface area contributed by atoms with Crippen LogP contribution in [0.5, 0.6) is 0 Å². The number of aryl methyl sites for hydroxylation is 1. The van der Waals surface area contributed by atoms with E-state index in [0.717, 1.165) is 11.3 Å². The Morgan fingerprint density at radius 3 is 2.38 bits per heavy atom. The Morgan fingerprint density at radius 2 is 1.73 bits per heavy atom. The van der Waals surface area contributed by atoms with E-state index in [4.69, 9.17) is 5.11 Å². The van der Waals surface area contributed by atoms with Gasteiger partial charge in [0.25, 0.3) is 0 Å². The molecule has 3 rings (SSSR count). The molecule has 0 saturated carbocycles. The molecule has 1 heterocycles. The molecule has 0 aliphatic carbocycles. The first-order chi connectivity index (χ1) is 12.5. The Balaban J connectivity index is 1.64. The van der Waals surface area contributed by atoms with Crippen LogP contribution in [0.2, 0.25) is 0 Å². The Kier molecular flexibility index (Phi) is 4.98. The summed E-state index contributed by atoms with van der Waals surface area (Å²) in [5, 5.41) is 18.4. The topological polar surface area (TPSA) is 96.3 Å². The van der Waals surface area contributed by atoms with Crippen LogP contribution < -0.4 is 10.6 Å². The lowest BCUT2D eigenvalue weighted by atomic mass is 10.1. The Labute approximate surface area is 150 Å². The summed E-state index contributed by atoms with van der Waals surface area (Å²) < 4.78 is 1.70. The summed E-state index contributed by atoms with van der Waals surface area (Å²) in [5.74, 6) is -0.459. The van der Waals surface area contributed by atoms with E-state index in [-0.39, 0.29) is 6.42 Å². The molecule has 0 radical (unpaired) electrons. The van der Waals surface area contributed by atoms with Crippen molar-refractivity contribution in [1.82, 2.24) is 9.78 Å². The van der Waals surface area contributed by atoms with Gasteiger partial charge in [-0.2, -0.15) is 5.10 Å². The van der Waals surface area contributed by atoms with Crippen molar-refractivity contribution >= 4 is 23.5 Å². The predicted molar refractivity (Wildman–Crippen MR) is 99.1 cm³/mol. The maximum Gasteiger partial charge on any atom is 0.324 e. The molecule has 26 heavy (non-hydrogen) atoms. The van der Waals surface area contributed by atoms with Crippen molar-refractivity contribution in [3.05, 3.63) is 66.2 Å². The first-order valence-electron chi connectivity index (χ1n) is 7.99. The zero-order valence-corrected chi connectivity index (χ0v) is 14.1. The van der Waals surface area contributed by atoms with Crippen molar-refractivity contribution < 1.29 is 14.7 Å². The van der Waals surface area contributed by atoms with Gasteiger partial charge < -0.3 is 10.4 Å². The summed E-state index contributed by atoms with van der Waals surface area (Å²) in [7, 11) is 1.81. The van der Waals surface area contributed by atoms with Gasteiger partial charge in [-0.05, 0) is 23.3 Å². The van der Waals surface area contributed by atoms with Crippen LogP contribution in [-0.4, -0.2) is 26.9 Å². The summed E-state index contributed by atoms with van der Waals surface area (Å²) in [6.07, 6.45) is -0.0529. The standard InChI is InChI=1S/C19H18N4O3/c1-23-16(14-5-3-2-4-6-14)12-17(22-23)21-19(26)20-15-9-7-13(8-10-15)11-18(24)25/h2-10,12H,11H2,1H3,(H,24,25)(H2,20,21,22,26). The van der Waals surface area contributed by atoms with E-state index >= 15 is 0 Å². The minimum Gasteiger partial charge on any atom is -0.481 e. The van der Waals surface area contributed by atoms with Gasteiger partial charge in [0.15, 0.2) is 5.82 Å². The molecule has 3 N–H and O–H groups in total. The second-order valence-corrected chi connectivity index (χ2v) is 5.75. The van der Waals surface area contributed by atoms with Crippen LogP contribution in [0, 0.1) is 0 Å². The van der Waals surface area contributed by atoms with Gasteiger partial charge in [0.1, 0.15) is 0 Å². The van der Waals surface area contributed by atoms with Crippen molar-refractivity contribution in [2.75, 3.05) is 10.6 Å². The maximum absolute atomic E-state index is 12.1. The van der Waals surface area contributed by atoms with Crippen LogP contribution in [0.1, 0.15) is 5.56 Å². The second-order valence-electron chi connectivity index (χ2n) is 5.75. The van der Waals surface area contributed by atoms with E-state index in [1.165, 1.54) is 0 Å². The molecular weight excluding hydrogens is 332 g/mol. The third kappa shape index (κ3) is 4.27. The second kappa shape index (κ2) is 7.52. The van der Waals surface area contributed by atoms with Crippen molar-refractivity contribution in [2.24, 2.45) is 7.05 Å². The molecule has 1 aromatic heterocycles. The van der Waals surface area contributed by atoms with Crippen LogP contribution in [0.3, 0.4) is 0 Å². The van der Waals surface area contributed by atoms with Crippen molar-refractivity contribution in [3.63, 3.8) is 0 Å². The number of benzene rings is 2. The smallest absolute Gasteiger partial charge is 0.324 e. The van der Waals surface area contributed by atoms with Gasteiger partial charge in [-0.1, -0.05) is 42.5 Å². The quantitative estimate of drug-likeness (QED) is 0.657. The van der Waals surface area contributed by atoms with E-state index in [2.05, 4.69) is 15.7 Å². The molecule has 0 bridgehead atoms. The molecule has 0 unspecified atom stereocenters. The van der Waals surface area contributed by atoms with Gasteiger partial charge in [0, 0.05) is 18.8 Å². The van der Waals surface area contributed by atoms with E-state index in [0.29, 0.717) is 17.1 Å². The van der Waals surface area contributed by atoms with Gasteiger partial charge in [-0.15, -0.1) is 0 Å². The fraction of sp³-hybridized carbons (Fsp3) is 0.105. The summed E-state index contributed by atoms with van der Waals surface area (Å²) in [6, 6.07) is 17.8. The molecule has 2 amide bonds. The van der Waals surface area contributed by atoms with Crippen molar-refractivity contribution in [1.29, 1.82) is 0 Å². The van der Waals surface area contributed by atoms with Crippen LogP contribution in [0.15, 0.2) is 60.7 Å². The lowest BCUT2D eigenvalue weighted by Gasteiger charge is -2.06. The average molecular weight is 350 g/mol. The van der Waals surface area contributed by atoms with Crippen LogP contribution in [0.25, 0.3) is 11.3 Å². The number of aromatic nitrogens is 2. The summed E-state index contributed by atoms with van der Waals surface area (Å²) in [6.45, 7) is 0. The number of hydrogen-bond donors (Lipinski definition) is 3. The highest BCUT2D eigenvalue weighted by molar-refractivity contribution is 5.99. The molecule has 2 aromatic carbocycles. The third-order valence-corrected chi connectivity index (χ3v) is 3.76. The number of carboxylic acids is 1. The molecular formula is C19H18N4O3. The number of nitrogens with zero attached hydrogens (tertiary/aromatic N) is 2. The maximum atomic E-state index is 12.1. The number of carboxylic acid groups (broad SMARTS) is 1. The number of rotatable bonds is 5. The molecule has 3 aromatic rings. The Hall–Kier alpha value is -3.61. The number of aliphatic carboxylic acids is 1. The highest BCUT2D eigenvalue weighted by atomic mass is 16.4. The minimum atomic E-state index is -0.896. The van der Waals surface area contributed by atoms with E-state index < -0.39 is 12.0 Å². The SMILES string of the molecule is Cn1nc(NC(=O)Nc2ccc(CC(=O)O)cc2)cc1-c1ccccc1. The molecule has 0 atom stereocenters. The zero-order valence-electron chi connectivity index (χ0n) is 14.1. The largest absolute Gasteiger partial charge is 0.481 e. The predicted octanol–water partition coefficient (Wildman–Crippen LogP) is 3.36.